The second kappa shape index (κ2) is 12.5. The number of carbonyl (C=O) groups excluding carboxylic acids is 1. The third-order valence-electron chi connectivity index (χ3n) is 4.46. The summed E-state index contributed by atoms with van der Waals surface area (Å²) in [7, 11) is -1.52. The van der Waals surface area contributed by atoms with Gasteiger partial charge in [-0.1, -0.05) is 45.4 Å². The van der Waals surface area contributed by atoms with Crippen LogP contribution in [-0.2, 0) is 14.0 Å². The van der Waals surface area contributed by atoms with Gasteiger partial charge < -0.3 is 9.16 Å². The van der Waals surface area contributed by atoms with Crippen LogP contribution in [0.4, 0.5) is 0 Å². The summed E-state index contributed by atoms with van der Waals surface area (Å²) in [6.45, 7) is 13.2. The van der Waals surface area contributed by atoms with Gasteiger partial charge in [-0.05, 0) is 51.2 Å². The number of allylic oxidation sites excluding steroid dienone is 2. The third-order valence-corrected chi connectivity index (χ3v) is 9.16. The molecule has 0 aliphatic rings. The Balaban J connectivity index is 4.42. The molecule has 0 aromatic carbocycles. The second-order valence-corrected chi connectivity index (χ2v) is 10.8. The van der Waals surface area contributed by atoms with Gasteiger partial charge in [0.25, 0.3) is 0 Å². The Kier molecular flexibility index (Phi) is 12.1. The molecule has 0 spiro atoms. The second-order valence-electron chi connectivity index (χ2n) is 6.05. The van der Waals surface area contributed by atoms with E-state index in [9.17, 15) is 4.79 Å². The van der Waals surface area contributed by atoms with Crippen LogP contribution in [0.15, 0.2) is 23.8 Å². The lowest BCUT2D eigenvalue weighted by Crippen LogP contribution is -2.39. The minimum Gasteiger partial charge on any atom is -0.463 e. The van der Waals surface area contributed by atoms with E-state index in [1.165, 1.54) is 18.1 Å². The quantitative estimate of drug-likeness (QED) is 0.200. The zero-order valence-corrected chi connectivity index (χ0v) is 17.0. The number of rotatable bonds is 12. The van der Waals surface area contributed by atoms with E-state index in [0.29, 0.717) is 12.7 Å². The highest BCUT2D eigenvalue weighted by atomic mass is 28.4. The highest BCUT2D eigenvalue weighted by Crippen LogP contribution is 2.25. The van der Waals surface area contributed by atoms with E-state index in [0.717, 1.165) is 24.8 Å². The molecule has 0 N–H and O–H groups in total. The first-order chi connectivity index (χ1) is 11.0. The molecular formula is C19H36O3Si. The smallest absolute Gasteiger partial charge is 0.330 e. The Morgan fingerprint density at radius 2 is 1.65 bits per heavy atom. The maximum Gasteiger partial charge on any atom is 0.330 e. The molecule has 3 nitrogen and oxygen atoms in total. The van der Waals surface area contributed by atoms with Crippen LogP contribution in [0.1, 0.15) is 60.8 Å². The molecule has 4 heteroatoms. The van der Waals surface area contributed by atoms with Gasteiger partial charge in [-0.3, -0.25) is 0 Å². The molecule has 0 saturated heterocycles. The fourth-order valence-electron chi connectivity index (χ4n) is 2.61. The average molecular weight is 341 g/mol. The topological polar surface area (TPSA) is 35.5 Å². The van der Waals surface area contributed by atoms with Gasteiger partial charge in [-0.25, -0.2) is 4.79 Å². The van der Waals surface area contributed by atoms with Gasteiger partial charge in [0.2, 0.25) is 0 Å². The van der Waals surface area contributed by atoms with Crippen LogP contribution in [0.3, 0.4) is 0 Å². The van der Waals surface area contributed by atoms with E-state index in [1.807, 2.05) is 13.8 Å². The van der Waals surface area contributed by atoms with Gasteiger partial charge in [-0.15, -0.1) is 0 Å². The molecule has 0 saturated carbocycles. The molecule has 0 fully saturated rings. The minimum absolute atomic E-state index is 0.252. The van der Waals surface area contributed by atoms with Crippen LogP contribution in [0, 0.1) is 0 Å². The molecule has 0 aromatic rings. The van der Waals surface area contributed by atoms with Crippen LogP contribution in [0.2, 0.25) is 18.1 Å². The highest BCUT2D eigenvalue weighted by Gasteiger charge is 2.30. The van der Waals surface area contributed by atoms with Crippen molar-refractivity contribution in [2.24, 2.45) is 0 Å². The van der Waals surface area contributed by atoms with E-state index in [1.54, 1.807) is 6.08 Å². The minimum atomic E-state index is -1.52. The Morgan fingerprint density at radius 3 is 2.13 bits per heavy atom. The van der Waals surface area contributed by atoms with Crippen LogP contribution >= 0.6 is 0 Å². The van der Waals surface area contributed by atoms with Crippen molar-refractivity contribution in [3.8, 4) is 0 Å². The fourth-order valence-corrected chi connectivity index (χ4v) is 5.58. The summed E-state index contributed by atoms with van der Waals surface area (Å²) in [6.07, 6.45) is 9.01. The zero-order chi connectivity index (χ0) is 17.7. The van der Waals surface area contributed by atoms with Gasteiger partial charge in [0.15, 0.2) is 8.32 Å². The van der Waals surface area contributed by atoms with Crippen LogP contribution in [0.25, 0.3) is 0 Å². The number of ether oxygens (including phenoxy) is 1. The van der Waals surface area contributed by atoms with Crippen molar-refractivity contribution >= 4 is 14.3 Å². The summed E-state index contributed by atoms with van der Waals surface area (Å²) in [6, 6.07) is 3.59. The summed E-state index contributed by atoms with van der Waals surface area (Å²) < 4.78 is 11.4. The number of carbonyl (C=O) groups is 1. The number of hydrogen-bond donors (Lipinski definition) is 0. The van der Waals surface area contributed by atoms with Crippen molar-refractivity contribution < 1.29 is 14.0 Å². The zero-order valence-electron chi connectivity index (χ0n) is 16.0. The van der Waals surface area contributed by atoms with Gasteiger partial charge in [0.1, 0.15) is 0 Å². The highest BCUT2D eigenvalue weighted by molar-refractivity contribution is 6.73. The first-order valence-corrected chi connectivity index (χ1v) is 11.7. The fraction of sp³-hybridized carbons (Fsp3) is 0.737. The van der Waals surface area contributed by atoms with Crippen LogP contribution < -0.4 is 0 Å². The lowest BCUT2D eigenvalue weighted by atomic mass is 10.1. The lowest BCUT2D eigenvalue weighted by Gasteiger charge is -2.32. The van der Waals surface area contributed by atoms with E-state index < -0.39 is 8.32 Å². The average Bonchev–Trinajstić information content (AvgIpc) is 2.55. The van der Waals surface area contributed by atoms with E-state index in [-0.39, 0.29) is 5.97 Å². The Labute approximate surface area is 144 Å². The third kappa shape index (κ3) is 9.11. The Bertz CT molecular complexity index is 376. The van der Waals surface area contributed by atoms with E-state index in [4.69, 9.17) is 9.16 Å². The van der Waals surface area contributed by atoms with Crippen molar-refractivity contribution in [1.29, 1.82) is 0 Å². The summed E-state index contributed by atoms with van der Waals surface area (Å²) in [5.74, 6) is -0.252. The summed E-state index contributed by atoms with van der Waals surface area (Å²) in [5.41, 5.74) is 1.02. The molecule has 0 aliphatic carbocycles. The first-order valence-electron chi connectivity index (χ1n) is 9.13. The Morgan fingerprint density at radius 1 is 1.04 bits per heavy atom. The van der Waals surface area contributed by atoms with Crippen molar-refractivity contribution in [3.05, 3.63) is 23.8 Å². The SMILES string of the molecule is CCOC(=O)/C=C(\C)C/C=C/C[C@H](CC)O[Si](CC)(CC)CC. The molecule has 0 rings (SSSR count). The van der Waals surface area contributed by atoms with Crippen molar-refractivity contribution in [2.45, 2.75) is 85.0 Å². The van der Waals surface area contributed by atoms with Crippen molar-refractivity contribution in [3.63, 3.8) is 0 Å². The lowest BCUT2D eigenvalue weighted by molar-refractivity contribution is -0.137. The number of hydrogen-bond acceptors (Lipinski definition) is 3. The van der Waals surface area contributed by atoms with Crippen molar-refractivity contribution in [2.75, 3.05) is 6.61 Å². The molecule has 134 valence electrons. The molecule has 0 amide bonds. The molecular weight excluding hydrogens is 304 g/mol. The summed E-state index contributed by atoms with van der Waals surface area (Å²) >= 11 is 0. The van der Waals surface area contributed by atoms with Gasteiger partial charge in [-0.2, -0.15) is 0 Å². The summed E-state index contributed by atoms with van der Waals surface area (Å²) in [5, 5.41) is 0. The Hall–Kier alpha value is -0.873. The molecule has 23 heavy (non-hydrogen) atoms. The normalized spacial score (nSPS) is 14.3. The maximum absolute atomic E-state index is 11.4. The number of esters is 1. The summed E-state index contributed by atoms with van der Waals surface area (Å²) in [4.78, 5) is 11.4. The molecule has 0 heterocycles. The largest absolute Gasteiger partial charge is 0.463 e. The molecule has 0 unspecified atom stereocenters. The molecule has 0 bridgehead atoms. The first kappa shape index (κ1) is 22.1. The van der Waals surface area contributed by atoms with E-state index >= 15 is 0 Å². The maximum atomic E-state index is 11.4. The molecule has 0 aromatic heterocycles. The van der Waals surface area contributed by atoms with Gasteiger partial charge in [0.05, 0.1) is 6.61 Å². The van der Waals surface area contributed by atoms with Gasteiger partial charge in [0, 0.05) is 12.2 Å². The van der Waals surface area contributed by atoms with E-state index in [2.05, 4.69) is 39.8 Å². The predicted molar refractivity (Wildman–Crippen MR) is 101 cm³/mol. The molecule has 0 aliphatic heterocycles. The van der Waals surface area contributed by atoms with Gasteiger partial charge >= 0.3 is 5.97 Å². The standard InChI is InChI=1S/C19H36O3Si/c1-7-18(22-23(9-3,10-4)11-5)15-13-12-14-17(6)16-19(20)21-8-2/h12-13,16,18H,7-11,14-15H2,1-6H3/b13-12+,17-16+/t18-/m0/s1. The monoisotopic (exact) mass is 340 g/mol. The predicted octanol–water partition coefficient (Wildman–Crippen LogP) is 5.63. The van der Waals surface area contributed by atoms with Crippen molar-refractivity contribution in [1.82, 2.24) is 0 Å². The van der Waals surface area contributed by atoms with Crippen LogP contribution in [0.5, 0.6) is 0 Å². The molecule has 0 radical (unpaired) electrons. The van der Waals surface area contributed by atoms with Crippen LogP contribution in [-0.4, -0.2) is 27.0 Å². The molecule has 1 atom stereocenters.